The number of hydrogen-bond donors (Lipinski definition) is 1. The first-order valence-electron chi connectivity index (χ1n) is 6.73. The molecule has 1 heterocycles. The summed E-state index contributed by atoms with van der Waals surface area (Å²) < 4.78 is 0. The average molecular weight is 277 g/mol. The van der Waals surface area contributed by atoms with Gasteiger partial charge in [-0.15, -0.1) is 10.2 Å². The highest BCUT2D eigenvalue weighted by Gasteiger charge is 2.19. The van der Waals surface area contributed by atoms with Gasteiger partial charge in [0.05, 0.1) is 0 Å². The van der Waals surface area contributed by atoms with E-state index < -0.39 is 0 Å². The second-order valence-electron chi connectivity index (χ2n) is 4.65. The number of nitrogens with zero attached hydrogens (tertiary/aromatic N) is 2. The maximum absolute atomic E-state index is 11.6. The molecule has 0 saturated heterocycles. The molecule has 102 valence electrons. The lowest BCUT2D eigenvalue weighted by Gasteiger charge is -2.18. The summed E-state index contributed by atoms with van der Waals surface area (Å²) in [5.41, 5.74) is 0. The molecular formula is C14H19N3OS. The first-order valence-corrected chi connectivity index (χ1v) is 7.55. The summed E-state index contributed by atoms with van der Waals surface area (Å²) in [6.07, 6.45) is 13.2. The molecule has 0 unspecified atom stereocenters. The van der Waals surface area contributed by atoms with Crippen molar-refractivity contribution in [2.24, 2.45) is 0 Å². The summed E-state index contributed by atoms with van der Waals surface area (Å²) in [5.74, 6) is 0.375. The Balaban J connectivity index is 1.91. The van der Waals surface area contributed by atoms with Crippen molar-refractivity contribution in [3.05, 3.63) is 29.3 Å². The van der Waals surface area contributed by atoms with E-state index in [1.54, 1.807) is 6.08 Å². The van der Waals surface area contributed by atoms with Crippen LogP contribution in [0.2, 0.25) is 0 Å². The highest BCUT2D eigenvalue weighted by Crippen LogP contribution is 2.35. The van der Waals surface area contributed by atoms with Crippen LogP contribution in [0, 0.1) is 0 Å². The lowest BCUT2D eigenvalue weighted by molar-refractivity contribution is -0.111. The van der Waals surface area contributed by atoms with Crippen LogP contribution in [0.15, 0.2) is 24.3 Å². The van der Waals surface area contributed by atoms with Crippen molar-refractivity contribution < 1.29 is 4.79 Å². The fraction of sp³-hybridized carbons (Fsp3) is 0.500. The molecule has 1 aromatic rings. The van der Waals surface area contributed by atoms with Gasteiger partial charge in [0.2, 0.25) is 11.0 Å². The number of aromatic nitrogens is 2. The molecule has 2 rings (SSSR count). The van der Waals surface area contributed by atoms with Crippen molar-refractivity contribution in [1.29, 1.82) is 0 Å². The molecule has 1 saturated carbocycles. The quantitative estimate of drug-likeness (QED) is 0.675. The molecule has 0 atom stereocenters. The highest BCUT2D eigenvalue weighted by atomic mass is 32.1. The molecule has 1 fully saturated rings. The molecule has 0 radical (unpaired) electrons. The number of carbonyl (C=O) groups excluding carboxylic acids is 1. The van der Waals surface area contributed by atoms with E-state index in [1.165, 1.54) is 49.5 Å². The number of rotatable bonds is 4. The minimum absolute atomic E-state index is 0.163. The zero-order chi connectivity index (χ0) is 13.5. The lowest BCUT2D eigenvalue weighted by Crippen LogP contribution is -2.07. The zero-order valence-corrected chi connectivity index (χ0v) is 11.9. The molecule has 5 heteroatoms. The monoisotopic (exact) mass is 277 g/mol. The van der Waals surface area contributed by atoms with Gasteiger partial charge in [0.1, 0.15) is 5.01 Å². The van der Waals surface area contributed by atoms with Crippen molar-refractivity contribution in [2.45, 2.75) is 44.9 Å². The second kappa shape index (κ2) is 7.19. The highest BCUT2D eigenvalue weighted by molar-refractivity contribution is 7.15. The predicted molar refractivity (Wildman–Crippen MR) is 78.3 cm³/mol. The van der Waals surface area contributed by atoms with Gasteiger partial charge in [-0.05, 0) is 19.8 Å². The molecule has 0 bridgehead atoms. The standard InChI is InChI=1S/C14H19N3OS/c1-2-3-5-10-12(18)15-14-17-16-13(19-14)11-8-6-4-7-9-11/h2-3,5,10-11H,4,6-9H2,1H3,(H,15,17,18)/b3-2+,10-5+. The lowest BCUT2D eigenvalue weighted by atomic mass is 9.90. The average Bonchev–Trinajstić information content (AvgIpc) is 2.88. The smallest absolute Gasteiger partial charge is 0.250 e. The normalized spacial score (nSPS) is 17.3. The number of nitrogens with one attached hydrogen (secondary N) is 1. The SMILES string of the molecule is C/C=C/C=C/C(=O)Nc1nnc(C2CCCCC2)s1. The molecule has 19 heavy (non-hydrogen) atoms. The van der Waals surface area contributed by atoms with Crippen molar-refractivity contribution in [3.63, 3.8) is 0 Å². The molecule has 1 aliphatic rings. The molecule has 0 aromatic carbocycles. The Morgan fingerprint density at radius 1 is 1.26 bits per heavy atom. The molecular weight excluding hydrogens is 258 g/mol. The number of hydrogen-bond acceptors (Lipinski definition) is 4. The third-order valence-electron chi connectivity index (χ3n) is 3.18. The van der Waals surface area contributed by atoms with Gasteiger partial charge in [0.25, 0.3) is 0 Å². The largest absolute Gasteiger partial charge is 0.297 e. The van der Waals surface area contributed by atoms with Crippen LogP contribution in [0.4, 0.5) is 5.13 Å². The minimum Gasteiger partial charge on any atom is -0.297 e. The Kier molecular flexibility index (Phi) is 5.27. The van der Waals surface area contributed by atoms with Crippen molar-refractivity contribution in [2.75, 3.05) is 5.32 Å². The summed E-state index contributed by atoms with van der Waals surface area (Å²) in [6.45, 7) is 1.91. The molecule has 1 aromatic heterocycles. The van der Waals surface area contributed by atoms with Gasteiger partial charge in [0, 0.05) is 12.0 Å². The first kappa shape index (κ1) is 13.9. The van der Waals surface area contributed by atoms with Crippen LogP contribution in [-0.2, 0) is 4.79 Å². The molecule has 0 aliphatic heterocycles. The Morgan fingerprint density at radius 3 is 2.79 bits per heavy atom. The van der Waals surface area contributed by atoms with E-state index in [-0.39, 0.29) is 5.91 Å². The van der Waals surface area contributed by atoms with Crippen LogP contribution >= 0.6 is 11.3 Å². The number of amides is 1. The van der Waals surface area contributed by atoms with Gasteiger partial charge >= 0.3 is 0 Å². The minimum atomic E-state index is -0.163. The van der Waals surface area contributed by atoms with Crippen LogP contribution in [0.25, 0.3) is 0 Å². The summed E-state index contributed by atoms with van der Waals surface area (Å²) in [4.78, 5) is 11.6. The number of allylic oxidation sites excluding steroid dienone is 3. The van der Waals surface area contributed by atoms with E-state index >= 15 is 0 Å². The molecule has 1 N–H and O–H groups in total. The maximum Gasteiger partial charge on any atom is 0.250 e. The van der Waals surface area contributed by atoms with Gasteiger partial charge < -0.3 is 0 Å². The van der Waals surface area contributed by atoms with E-state index in [0.29, 0.717) is 11.0 Å². The molecule has 0 spiro atoms. The molecule has 1 aliphatic carbocycles. The van der Waals surface area contributed by atoms with E-state index in [4.69, 9.17) is 0 Å². The van der Waals surface area contributed by atoms with E-state index in [2.05, 4.69) is 15.5 Å². The third kappa shape index (κ3) is 4.28. The zero-order valence-electron chi connectivity index (χ0n) is 11.1. The van der Waals surface area contributed by atoms with Crippen LogP contribution in [0.5, 0.6) is 0 Å². The van der Waals surface area contributed by atoms with Crippen molar-refractivity contribution in [1.82, 2.24) is 10.2 Å². The molecule has 4 nitrogen and oxygen atoms in total. The second-order valence-corrected chi connectivity index (χ2v) is 5.66. The summed E-state index contributed by atoms with van der Waals surface area (Å²) in [6, 6.07) is 0. The van der Waals surface area contributed by atoms with E-state index in [9.17, 15) is 4.79 Å². The third-order valence-corrected chi connectivity index (χ3v) is 4.18. The van der Waals surface area contributed by atoms with Crippen LogP contribution in [0.3, 0.4) is 0 Å². The fourth-order valence-corrected chi connectivity index (χ4v) is 3.12. The topological polar surface area (TPSA) is 54.9 Å². The first-order chi connectivity index (χ1) is 9.29. The number of anilines is 1. The molecule has 1 amide bonds. The van der Waals surface area contributed by atoms with Gasteiger partial charge in [-0.25, -0.2) is 0 Å². The van der Waals surface area contributed by atoms with E-state index in [0.717, 1.165) is 5.01 Å². The van der Waals surface area contributed by atoms with Gasteiger partial charge in [-0.2, -0.15) is 0 Å². The Bertz CT molecular complexity index is 473. The van der Waals surface area contributed by atoms with Crippen LogP contribution < -0.4 is 5.32 Å². The summed E-state index contributed by atoms with van der Waals surface area (Å²) in [5, 5.41) is 12.7. The summed E-state index contributed by atoms with van der Waals surface area (Å²) >= 11 is 1.50. The summed E-state index contributed by atoms with van der Waals surface area (Å²) in [7, 11) is 0. The van der Waals surface area contributed by atoms with Gasteiger partial charge in [0.15, 0.2) is 0 Å². The Hall–Kier alpha value is -1.49. The maximum atomic E-state index is 11.6. The fourth-order valence-electron chi connectivity index (χ4n) is 2.20. The van der Waals surface area contributed by atoms with E-state index in [1.807, 2.05) is 19.1 Å². The van der Waals surface area contributed by atoms with Gasteiger partial charge in [-0.3, -0.25) is 10.1 Å². The van der Waals surface area contributed by atoms with Crippen molar-refractivity contribution in [3.8, 4) is 0 Å². The van der Waals surface area contributed by atoms with Gasteiger partial charge in [-0.1, -0.05) is 48.8 Å². The Labute approximate surface area is 117 Å². The Morgan fingerprint density at radius 2 is 2.05 bits per heavy atom. The van der Waals surface area contributed by atoms with Crippen LogP contribution in [0.1, 0.15) is 50.0 Å². The predicted octanol–water partition coefficient (Wildman–Crippen LogP) is 3.66. The number of carbonyl (C=O) groups is 1. The van der Waals surface area contributed by atoms with Crippen LogP contribution in [-0.4, -0.2) is 16.1 Å². The van der Waals surface area contributed by atoms with Crippen molar-refractivity contribution >= 4 is 22.4 Å².